The topological polar surface area (TPSA) is 78.5 Å². The Balaban J connectivity index is 1.76. The van der Waals surface area contributed by atoms with Crippen LogP contribution in [0.15, 0.2) is 77.7 Å². The van der Waals surface area contributed by atoms with E-state index < -0.39 is 10.0 Å². The summed E-state index contributed by atoms with van der Waals surface area (Å²) in [5.74, 6) is -0.259. The number of aryl methyl sites for hydroxylation is 1. The second kappa shape index (κ2) is 9.87. The number of nitrogens with zero attached hydrogens (tertiary/aromatic N) is 1. The highest BCUT2D eigenvalue weighted by molar-refractivity contribution is 7.92. The molecule has 0 radical (unpaired) electrons. The number of hydrogen-bond donors (Lipinski definition) is 2. The zero-order chi connectivity index (χ0) is 23.3. The third-order valence-electron chi connectivity index (χ3n) is 5.22. The van der Waals surface area contributed by atoms with Gasteiger partial charge in [-0.05, 0) is 81.8 Å². The van der Waals surface area contributed by atoms with Gasteiger partial charge in [0.1, 0.15) is 0 Å². The monoisotopic (exact) mass is 451 g/mol. The predicted molar refractivity (Wildman–Crippen MR) is 131 cm³/mol. The Hall–Kier alpha value is -3.32. The number of anilines is 3. The molecule has 0 aliphatic rings. The second-order valence-corrected chi connectivity index (χ2v) is 9.51. The minimum Gasteiger partial charge on any atom is -0.369 e. The predicted octanol–water partition coefficient (Wildman–Crippen LogP) is 5.28. The minimum atomic E-state index is -3.72. The van der Waals surface area contributed by atoms with Crippen LogP contribution in [0.2, 0.25) is 0 Å². The van der Waals surface area contributed by atoms with Crippen LogP contribution in [0.1, 0.15) is 36.7 Å². The smallest absolute Gasteiger partial charge is 0.261 e. The van der Waals surface area contributed by atoms with Crippen molar-refractivity contribution < 1.29 is 13.2 Å². The van der Waals surface area contributed by atoms with Crippen molar-refractivity contribution in [3.63, 3.8) is 0 Å². The molecule has 32 heavy (non-hydrogen) atoms. The van der Waals surface area contributed by atoms with Crippen molar-refractivity contribution in [2.45, 2.75) is 38.6 Å². The summed E-state index contributed by atoms with van der Waals surface area (Å²) in [7, 11) is -3.72. The first-order valence-electron chi connectivity index (χ1n) is 10.6. The number of rotatable bonds is 8. The molecule has 0 aliphatic carbocycles. The quantitative estimate of drug-likeness (QED) is 0.488. The molecule has 168 valence electrons. The molecule has 0 heterocycles. The first-order valence-corrected chi connectivity index (χ1v) is 12.1. The molecule has 0 bridgehead atoms. The molecule has 0 spiro atoms. The summed E-state index contributed by atoms with van der Waals surface area (Å²) >= 11 is 0. The number of nitrogens with one attached hydrogen (secondary N) is 2. The fourth-order valence-electron chi connectivity index (χ4n) is 3.47. The van der Waals surface area contributed by atoms with Gasteiger partial charge in [0.25, 0.3) is 15.9 Å². The van der Waals surface area contributed by atoms with E-state index in [9.17, 15) is 13.2 Å². The van der Waals surface area contributed by atoms with Gasteiger partial charge in [-0.3, -0.25) is 9.52 Å². The van der Waals surface area contributed by atoms with E-state index in [4.69, 9.17) is 0 Å². The first-order chi connectivity index (χ1) is 15.2. The van der Waals surface area contributed by atoms with Gasteiger partial charge in [0, 0.05) is 29.5 Å². The van der Waals surface area contributed by atoms with Crippen molar-refractivity contribution in [3.05, 3.63) is 83.9 Å². The minimum absolute atomic E-state index is 0.177. The van der Waals surface area contributed by atoms with Gasteiger partial charge < -0.3 is 10.2 Å². The van der Waals surface area contributed by atoms with Crippen LogP contribution in [0.4, 0.5) is 17.1 Å². The van der Waals surface area contributed by atoms with E-state index in [2.05, 4.69) is 35.7 Å². The largest absolute Gasteiger partial charge is 0.369 e. The Morgan fingerprint density at radius 3 is 2.22 bits per heavy atom. The van der Waals surface area contributed by atoms with Gasteiger partial charge in [0.05, 0.1) is 10.6 Å². The SMILES string of the molecule is CCN(c1ccc(C(=O)Nc2ccc(C)c(NS(=O)(=O)c3ccccc3)c2)cc1)C(C)C. The summed E-state index contributed by atoms with van der Waals surface area (Å²) in [5.41, 5.74) is 3.26. The lowest BCUT2D eigenvalue weighted by Crippen LogP contribution is -2.30. The van der Waals surface area contributed by atoms with Crippen molar-refractivity contribution in [2.75, 3.05) is 21.5 Å². The highest BCUT2D eigenvalue weighted by Crippen LogP contribution is 2.24. The molecule has 7 heteroatoms. The van der Waals surface area contributed by atoms with Crippen molar-refractivity contribution in [3.8, 4) is 0 Å². The van der Waals surface area contributed by atoms with Crippen LogP contribution < -0.4 is 14.9 Å². The maximum atomic E-state index is 12.7. The van der Waals surface area contributed by atoms with Gasteiger partial charge in [0.2, 0.25) is 0 Å². The Labute approximate surface area is 190 Å². The Morgan fingerprint density at radius 1 is 0.969 bits per heavy atom. The molecule has 1 amide bonds. The highest BCUT2D eigenvalue weighted by atomic mass is 32.2. The third-order valence-corrected chi connectivity index (χ3v) is 6.60. The van der Waals surface area contributed by atoms with Crippen molar-refractivity contribution in [1.29, 1.82) is 0 Å². The Bertz CT molecular complexity index is 1170. The summed E-state index contributed by atoms with van der Waals surface area (Å²) in [6.07, 6.45) is 0. The van der Waals surface area contributed by atoms with Crippen molar-refractivity contribution in [1.82, 2.24) is 0 Å². The van der Waals surface area contributed by atoms with E-state index in [0.29, 0.717) is 23.0 Å². The van der Waals surface area contributed by atoms with Crippen LogP contribution in [0.5, 0.6) is 0 Å². The molecular weight excluding hydrogens is 422 g/mol. The molecule has 0 atom stereocenters. The average molecular weight is 452 g/mol. The molecule has 6 nitrogen and oxygen atoms in total. The number of hydrogen-bond acceptors (Lipinski definition) is 4. The molecule has 0 aromatic heterocycles. The summed E-state index contributed by atoms with van der Waals surface area (Å²) in [6.45, 7) is 9.05. The fraction of sp³-hybridized carbons (Fsp3) is 0.240. The zero-order valence-corrected chi connectivity index (χ0v) is 19.6. The number of carbonyl (C=O) groups excluding carboxylic acids is 1. The Kier molecular flexibility index (Phi) is 7.20. The van der Waals surface area contributed by atoms with E-state index in [1.54, 1.807) is 55.5 Å². The summed E-state index contributed by atoms with van der Waals surface area (Å²) in [5, 5.41) is 2.85. The normalized spacial score (nSPS) is 11.3. The molecule has 0 fully saturated rings. The molecular formula is C25H29N3O3S. The lowest BCUT2D eigenvalue weighted by atomic mass is 10.1. The maximum Gasteiger partial charge on any atom is 0.261 e. The molecule has 0 saturated heterocycles. The van der Waals surface area contributed by atoms with Crippen LogP contribution in [-0.4, -0.2) is 26.9 Å². The van der Waals surface area contributed by atoms with Crippen molar-refractivity contribution >= 4 is 33.0 Å². The van der Waals surface area contributed by atoms with Crippen molar-refractivity contribution in [2.24, 2.45) is 0 Å². The van der Waals surface area contributed by atoms with Crippen LogP contribution in [0, 0.1) is 6.92 Å². The van der Waals surface area contributed by atoms with E-state index in [1.165, 1.54) is 12.1 Å². The van der Waals surface area contributed by atoms with E-state index in [-0.39, 0.29) is 10.8 Å². The molecule has 2 N–H and O–H groups in total. The van der Waals surface area contributed by atoms with Gasteiger partial charge in [-0.2, -0.15) is 0 Å². The maximum absolute atomic E-state index is 12.7. The van der Waals surface area contributed by atoms with Gasteiger partial charge in [-0.15, -0.1) is 0 Å². The van der Waals surface area contributed by atoms with Gasteiger partial charge >= 0.3 is 0 Å². The lowest BCUT2D eigenvalue weighted by Gasteiger charge is -2.27. The van der Waals surface area contributed by atoms with Crippen LogP contribution in [0.3, 0.4) is 0 Å². The second-order valence-electron chi connectivity index (χ2n) is 7.83. The Morgan fingerprint density at radius 2 is 1.62 bits per heavy atom. The number of amides is 1. The molecule has 3 aromatic carbocycles. The van der Waals surface area contributed by atoms with Crippen LogP contribution >= 0.6 is 0 Å². The standard InChI is InChI=1S/C25H29N3O3S/c1-5-28(18(2)3)22-15-12-20(13-16-22)25(29)26-21-14-11-19(4)24(17-21)27-32(30,31)23-9-7-6-8-10-23/h6-18,27H,5H2,1-4H3,(H,26,29). The van der Waals surface area contributed by atoms with Gasteiger partial charge in [-0.25, -0.2) is 8.42 Å². The number of carbonyl (C=O) groups is 1. The number of sulfonamides is 1. The summed E-state index contributed by atoms with van der Waals surface area (Å²) in [6, 6.07) is 21.1. The zero-order valence-electron chi connectivity index (χ0n) is 18.8. The fourth-order valence-corrected chi connectivity index (χ4v) is 4.61. The van der Waals surface area contributed by atoms with E-state index in [0.717, 1.165) is 17.8 Å². The first kappa shape index (κ1) is 23.3. The molecule has 0 saturated carbocycles. The van der Waals surface area contributed by atoms with Crippen LogP contribution in [-0.2, 0) is 10.0 Å². The van der Waals surface area contributed by atoms with Gasteiger partial charge in [0.15, 0.2) is 0 Å². The molecule has 3 aromatic rings. The molecule has 0 unspecified atom stereocenters. The molecule has 0 aliphatic heterocycles. The van der Waals surface area contributed by atoms with E-state index in [1.807, 2.05) is 12.1 Å². The lowest BCUT2D eigenvalue weighted by molar-refractivity contribution is 0.102. The summed E-state index contributed by atoms with van der Waals surface area (Å²) in [4.78, 5) is 15.2. The van der Waals surface area contributed by atoms with Crippen LogP contribution in [0.25, 0.3) is 0 Å². The van der Waals surface area contributed by atoms with E-state index >= 15 is 0 Å². The highest BCUT2D eigenvalue weighted by Gasteiger charge is 2.16. The number of benzene rings is 3. The average Bonchev–Trinajstić information content (AvgIpc) is 2.77. The summed E-state index contributed by atoms with van der Waals surface area (Å²) < 4.78 is 27.9. The molecule has 3 rings (SSSR count). The third kappa shape index (κ3) is 5.48. The van der Waals surface area contributed by atoms with Gasteiger partial charge in [-0.1, -0.05) is 24.3 Å².